The quantitative estimate of drug-likeness (QED) is 0.444. The molecule has 14 heteroatoms. The van der Waals surface area contributed by atoms with Gasteiger partial charge in [0.1, 0.15) is 6.54 Å². The molecule has 1 aromatic heterocycles. The van der Waals surface area contributed by atoms with Crippen LogP contribution >= 0.6 is 0 Å². The molecule has 0 radical (unpaired) electrons. The van der Waals surface area contributed by atoms with Gasteiger partial charge in [0.15, 0.2) is 12.4 Å². The molecule has 0 aliphatic rings. The smallest absolute Gasteiger partial charge is 0.205 e. The summed E-state index contributed by atoms with van der Waals surface area (Å²) < 4.78 is 169. The fourth-order valence-electron chi connectivity index (χ4n) is 2.28. The van der Waals surface area contributed by atoms with Gasteiger partial charge in [-0.3, -0.25) is 0 Å². The third-order valence-electron chi connectivity index (χ3n) is 3.78. The molecule has 0 atom stereocenters. The van der Waals surface area contributed by atoms with Gasteiger partial charge < -0.3 is 0 Å². The zero-order chi connectivity index (χ0) is 21.5. The lowest BCUT2D eigenvalue weighted by Crippen LogP contribution is -2.70. The topological polar surface area (TPSA) is 3.88 Å². The number of hydrogen-bond acceptors (Lipinski definition) is 0. The van der Waals surface area contributed by atoms with Gasteiger partial charge in [-0.05, 0) is 0 Å². The van der Waals surface area contributed by atoms with Crippen molar-refractivity contribution in [2.45, 2.75) is 43.3 Å². The summed E-state index contributed by atoms with van der Waals surface area (Å²) in [4.78, 5) is 0. The summed E-state index contributed by atoms with van der Waals surface area (Å²) in [6.45, 7) is -1.57. The molecule has 0 unspecified atom stereocenters. The van der Waals surface area contributed by atoms with Crippen LogP contribution in [0.3, 0.4) is 0 Å². The minimum atomic E-state index is -7.60. The van der Waals surface area contributed by atoms with Gasteiger partial charge in [-0.2, -0.15) is 57.1 Å². The fourth-order valence-corrected chi connectivity index (χ4v) is 2.28. The summed E-state index contributed by atoms with van der Waals surface area (Å²) in [5.74, 6) is -15.2. The summed E-state index contributed by atoms with van der Waals surface area (Å²) in [6, 6.07) is 3.36. The predicted octanol–water partition coefficient (Wildman–Crippen LogP) is 5.31. The first-order valence-corrected chi connectivity index (χ1v) is 6.73. The Morgan fingerprint density at radius 1 is 0.519 bits per heavy atom. The summed E-state index contributed by atoms with van der Waals surface area (Å²) in [5.41, 5.74) is -6.66. The van der Waals surface area contributed by atoms with Gasteiger partial charge in [0.25, 0.3) is 0 Å². The average molecular weight is 426 g/mol. The first-order chi connectivity index (χ1) is 11.8. The molecule has 0 saturated carbocycles. The Balaban J connectivity index is 3.67. The van der Waals surface area contributed by atoms with Crippen LogP contribution in [0.4, 0.5) is 57.1 Å². The van der Waals surface area contributed by atoms with Crippen LogP contribution < -0.4 is 4.57 Å². The zero-order valence-corrected chi connectivity index (χ0v) is 12.7. The molecule has 1 nitrogen and oxygen atoms in total. The van der Waals surface area contributed by atoms with E-state index in [4.69, 9.17) is 0 Å². The van der Waals surface area contributed by atoms with Crippen molar-refractivity contribution in [3.63, 3.8) is 0 Å². The van der Waals surface area contributed by atoms with Crippen LogP contribution in [0.5, 0.6) is 0 Å². The van der Waals surface area contributed by atoms with Gasteiger partial charge in [0.05, 0.1) is 0 Å². The van der Waals surface area contributed by atoms with Gasteiger partial charge in [0.2, 0.25) is 5.41 Å². The summed E-state index contributed by atoms with van der Waals surface area (Å²) in [7, 11) is 0. The van der Waals surface area contributed by atoms with E-state index in [2.05, 4.69) is 0 Å². The lowest BCUT2D eigenvalue weighted by atomic mass is 9.73. The molecule has 0 aliphatic heterocycles. The van der Waals surface area contributed by atoms with Crippen molar-refractivity contribution in [3.05, 3.63) is 30.6 Å². The van der Waals surface area contributed by atoms with Gasteiger partial charge in [0, 0.05) is 18.6 Å². The Kier molecular flexibility index (Phi) is 5.77. The van der Waals surface area contributed by atoms with E-state index in [1.165, 1.54) is 6.07 Å². The number of alkyl halides is 13. The third kappa shape index (κ3) is 3.66. The molecule has 1 aromatic rings. The number of hydrogen-bond donors (Lipinski definition) is 0. The van der Waals surface area contributed by atoms with E-state index in [-0.39, 0.29) is 0 Å². The molecule has 156 valence electrons. The molecule has 27 heavy (non-hydrogen) atoms. The maximum Gasteiger partial charge on any atom is 0.459 e. The van der Waals surface area contributed by atoms with Crippen LogP contribution in [0.25, 0.3) is 0 Å². The number of aromatic nitrogens is 1. The number of halogens is 13. The Morgan fingerprint density at radius 2 is 0.926 bits per heavy atom. The average Bonchev–Trinajstić information content (AvgIpc) is 2.44. The molecule has 0 amide bonds. The highest BCUT2D eigenvalue weighted by Crippen LogP contribution is 2.66. The van der Waals surface area contributed by atoms with Crippen molar-refractivity contribution in [3.8, 4) is 0 Å². The normalized spacial score (nSPS) is 15.1. The molecule has 0 aromatic carbocycles. The summed E-state index contributed by atoms with van der Waals surface area (Å²) in [5, 5.41) is 0. The second-order valence-electron chi connectivity index (χ2n) is 5.41. The van der Waals surface area contributed by atoms with Gasteiger partial charge in [-0.1, -0.05) is 6.07 Å². The fraction of sp³-hybridized carbons (Fsp3) is 0.615. The van der Waals surface area contributed by atoms with E-state index in [1.54, 1.807) is 0 Å². The zero-order valence-electron chi connectivity index (χ0n) is 12.7. The SMILES string of the molecule is FC(F)(F)C(F)(F)C(F)(F)C(CC[n+]1ccccc1)(C(F)(F)F)C(F)(F)F. The van der Waals surface area contributed by atoms with Crippen molar-refractivity contribution in [2.24, 2.45) is 5.41 Å². The minimum Gasteiger partial charge on any atom is -0.205 e. The minimum absolute atomic E-state index is 0.494. The van der Waals surface area contributed by atoms with Crippen LogP contribution in [0, 0.1) is 5.41 Å². The maximum atomic E-state index is 13.8. The van der Waals surface area contributed by atoms with Crippen molar-refractivity contribution in [2.75, 3.05) is 0 Å². The van der Waals surface area contributed by atoms with E-state index >= 15 is 0 Å². The standard InChI is InChI=1S/C13H9F13N/c14-9(15,10(16,17)13(24,25)26)8(11(18,19)20,12(21,22)23)4-7-27-5-2-1-3-6-27/h1-3,5-6H,4,7H2/q+1. The van der Waals surface area contributed by atoms with E-state index in [9.17, 15) is 57.1 Å². The molecule has 0 N–H and O–H groups in total. The van der Waals surface area contributed by atoms with Gasteiger partial charge in [-0.25, -0.2) is 4.57 Å². The predicted molar refractivity (Wildman–Crippen MR) is 61.7 cm³/mol. The Bertz CT molecular complexity index is 612. The van der Waals surface area contributed by atoms with E-state index in [0.717, 1.165) is 24.5 Å². The Morgan fingerprint density at radius 3 is 1.26 bits per heavy atom. The van der Waals surface area contributed by atoms with Crippen LogP contribution in [-0.2, 0) is 6.54 Å². The van der Waals surface area contributed by atoms with Crippen LogP contribution in [0.15, 0.2) is 30.6 Å². The van der Waals surface area contributed by atoms with Crippen molar-refractivity contribution in [1.82, 2.24) is 0 Å². The highest BCUT2D eigenvalue weighted by atomic mass is 19.4. The highest BCUT2D eigenvalue weighted by molar-refractivity contribution is 5.10. The van der Waals surface area contributed by atoms with Crippen molar-refractivity contribution >= 4 is 0 Å². The van der Waals surface area contributed by atoms with Crippen LogP contribution in [0.2, 0.25) is 0 Å². The van der Waals surface area contributed by atoms with Gasteiger partial charge >= 0.3 is 30.4 Å². The van der Waals surface area contributed by atoms with Crippen LogP contribution in [-0.4, -0.2) is 30.4 Å². The largest absolute Gasteiger partial charge is 0.459 e. The number of rotatable bonds is 5. The summed E-state index contributed by atoms with van der Waals surface area (Å²) in [6.07, 6.45) is -22.9. The number of nitrogens with zero attached hydrogens (tertiary/aromatic N) is 1. The highest BCUT2D eigenvalue weighted by Gasteiger charge is 2.91. The van der Waals surface area contributed by atoms with E-state index < -0.39 is 48.8 Å². The van der Waals surface area contributed by atoms with Crippen LogP contribution in [0.1, 0.15) is 6.42 Å². The molecule has 0 spiro atoms. The van der Waals surface area contributed by atoms with Crippen molar-refractivity contribution < 1.29 is 61.6 Å². The molecule has 0 saturated heterocycles. The Hall–Kier alpha value is -1.76. The lowest BCUT2D eigenvalue weighted by molar-refractivity contribution is -0.702. The maximum absolute atomic E-state index is 13.8. The number of pyridine rings is 1. The Labute approximate surface area is 142 Å². The second-order valence-corrected chi connectivity index (χ2v) is 5.41. The molecular weight excluding hydrogens is 417 g/mol. The lowest BCUT2D eigenvalue weighted by Gasteiger charge is -2.44. The molecule has 0 aliphatic carbocycles. The van der Waals surface area contributed by atoms with E-state index in [0.29, 0.717) is 4.57 Å². The summed E-state index contributed by atoms with van der Waals surface area (Å²) >= 11 is 0. The molecule has 1 heterocycles. The first kappa shape index (κ1) is 23.3. The van der Waals surface area contributed by atoms with E-state index in [1.807, 2.05) is 0 Å². The van der Waals surface area contributed by atoms with Crippen molar-refractivity contribution in [1.29, 1.82) is 0 Å². The number of aryl methyl sites for hydroxylation is 1. The molecule has 1 rings (SSSR count). The second kappa shape index (κ2) is 6.69. The molecule has 0 fully saturated rings. The first-order valence-electron chi connectivity index (χ1n) is 6.73. The third-order valence-corrected chi connectivity index (χ3v) is 3.78. The van der Waals surface area contributed by atoms with Gasteiger partial charge in [-0.15, -0.1) is 0 Å². The molecular formula is C13H9F13N+. The molecule has 0 bridgehead atoms. The monoisotopic (exact) mass is 426 g/mol.